The van der Waals surface area contributed by atoms with Gasteiger partial charge < -0.3 is 9.72 Å². The van der Waals surface area contributed by atoms with Gasteiger partial charge in [0.15, 0.2) is 0 Å². The van der Waals surface area contributed by atoms with Gasteiger partial charge in [-0.15, -0.1) is 0 Å². The van der Waals surface area contributed by atoms with Gasteiger partial charge in [-0.25, -0.2) is 9.97 Å². The molecule has 5 nitrogen and oxygen atoms in total. The number of methoxy groups -OCH3 is 1. The summed E-state index contributed by atoms with van der Waals surface area (Å²) < 4.78 is 5.00. The standard InChI is InChI=1S/C13H13N3O2/c1-18-12-5-4-9(7-14-12)10-6-11(17)16-13(15-10)8-2-3-8/h4-8H,2-3H2,1H3,(H,15,16,17). The molecule has 1 aliphatic carbocycles. The fourth-order valence-corrected chi connectivity index (χ4v) is 1.83. The summed E-state index contributed by atoms with van der Waals surface area (Å²) in [6.07, 6.45) is 3.87. The van der Waals surface area contributed by atoms with E-state index >= 15 is 0 Å². The number of rotatable bonds is 3. The average molecular weight is 243 g/mol. The van der Waals surface area contributed by atoms with Gasteiger partial charge in [0.1, 0.15) is 5.82 Å². The Morgan fingerprint density at radius 3 is 2.83 bits per heavy atom. The Hall–Kier alpha value is -2.17. The quantitative estimate of drug-likeness (QED) is 0.891. The fraction of sp³-hybridized carbons (Fsp3) is 0.308. The topological polar surface area (TPSA) is 67.9 Å². The van der Waals surface area contributed by atoms with Crippen molar-refractivity contribution in [2.75, 3.05) is 7.11 Å². The van der Waals surface area contributed by atoms with Crippen LogP contribution in [0, 0.1) is 0 Å². The number of hydrogen-bond acceptors (Lipinski definition) is 4. The number of H-pyrrole nitrogens is 1. The monoisotopic (exact) mass is 243 g/mol. The maximum Gasteiger partial charge on any atom is 0.251 e. The second-order valence-corrected chi connectivity index (χ2v) is 4.38. The van der Waals surface area contributed by atoms with Crippen LogP contribution in [0.15, 0.2) is 29.2 Å². The third kappa shape index (κ3) is 2.11. The molecule has 2 aromatic heterocycles. The molecule has 1 fully saturated rings. The van der Waals surface area contributed by atoms with Crippen LogP contribution in [0.5, 0.6) is 5.88 Å². The lowest BCUT2D eigenvalue weighted by molar-refractivity contribution is 0.398. The van der Waals surface area contributed by atoms with E-state index in [1.807, 2.05) is 6.07 Å². The van der Waals surface area contributed by atoms with Crippen LogP contribution in [0.2, 0.25) is 0 Å². The van der Waals surface area contributed by atoms with Gasteiger partial charge in [0.2, 0.25) is 5.88 Å². The summed E-state index contributed by atoms with van der Waals surface area (Å²) in [5.41, 5.74) is 1.37. The number of aromatic nitrogens is 3. The number of nitrogens with zero attached hydrogens (tertiary/aromatic N) is 2. The zero-order valence-corrected chi connectivity index (χ0v) is 10.0. The molecule has 0 unspecified atom stereocenters. The molecule has 2 heterocycles. The summed E-state index contributed by atoms with van der Waals surface area (Å²) in [5, 5.41) is 0. The first-order chi connectivity index (χ1) is 8.76. The second kappa shape index (κ2) is 4.25. The van der Waals surface area contributed by atoms with Crippen LogP contribution in [-0.4, -0.2) is 22.1 Å². The minimum atomic E-state index is -0.113. The molecule has 1 N–H and O–H groups in total. The first kappa shape index (κ1) is 11.0. The molecule has 18 heavy (non-hydrogen) atoms. The summed E-state index contributed by atoms with van der Waals surface area (Å²) in [6.45, 7) is 0. The molecular weight excluding hydrogens is 230 g/mol. The van der Waals surface area contributed by atoms with Crippen LogP contribution in [-0.2, 0) is 0 Å². The Bertz CT molecular complexity index is 615. The zero-order valence-electron chi connectivity index (χ0n) is 10.0. The van der Waals surface area contributed by atoms with Gasteiger partial charge in [-0.3, -0.25) is 4.79 Å². The Kier molecular flexibility index (Phi) is 2.59. The normalized spacial score (nSPS) is 14.5. The van der Waals surface area contributed by atoms with Gasteiger partial charge in [0, 0.05) is 29.8 Å². The summed E-state index contributed by atoms with van der Waals surface area (Å²) in [6, 6.07) is 5.11. The highest BCUT2D eigenvalue weighted by Crippen LogP contribution is 2.37. The molecule has 0 radical (unpaired) electrons. The molecule has 0 amide bonds. The molecule has 0 aliphatic heterocycles. The number of hydrogen-bond donors (Lipinski definition) is 1. The van der Waals surface area contributed by atoms with Crippen molar-refractivity contribution >= 4 is 0 Å². The molecule has 2 aromatic rings. The minimum absolute atomic E-state index is 0.113. The van der Waals surface area contributed by atoms with E-state index in [-0.39, 0.29) is 5.56 Å². The number of aromatic amines is 1. The van der Waals surface area contributed by atoms with Gasteiger partial charge in [0.05, 0.1) is 12.8 Å². The Morgan fingerprint density at radius 1 is 1.39 bits per heavy atom. The van der Waals surface area contributed by atoms with E-state index in [0.29, 0.717) is 17.5 Å². The van der Waals surface area contributed by atoms with Crippen molar-refractivity contribution in [3.63, 3.8) is 0 Å². The first-order valence-corrected chi connectivity index (χ1v) is 5.88. The molecule has 0 spiro atoms. The zero-order chi connectivity index (χ0) is 12.5. The van der Waals surface area contributed by atoms with Crippen molar-refractivity contribution in [2.45, 2.75) is 18.8 Å². The predicted octanol–water partition coefficient (Wildman–Crippen LogP) is 1.72. The molecule has 1 aliphatic rings. The van der Waals surface area contributed by atoms with E-state index in [1.54, 1.807) is 19.4 Å². The van der Waals surface area contributed by atoms with E-state index in [4.69, 9.17) is 4.74 Å². The molecule has 0 atom stereocenters. The van der Waals surface area contributed by atoms with Crippen LogP contribution in [0.25, 0.3) is 11.3 Å². The van der Waals surface area contributed by atoms with Crippen LogP contribution >= 0.6 is 0 Å². The summed E-state index contributed by atoms with van der Waals surface area (Å²) in [7, 11) is 1.57. The SMILES string of the molecule is COc1ccc(-c2cc(=O)[nH]c(C3CC3)n2)cn1. The molecule has 5 heteroatoms. The van der Waals surface area contributed by atoms with Crippen molar-refractivity contribution in [1.82, 2.24) is 15.0 Å². The predicted molar refractivity (Wildman–Crippen MR) is 66.6 cm³/mol. The number of ether oxygens (including phenoxy) is 1. The van der Waals surface area contributed by atoms with Gasteiger partial charge in [-0.1, -0.05) is 0 Å². The molecule has 0 saturated heterocycles. The lowest BCUT2D eigenvalue weighted by Gasteiger charge is -2.04. The Labute approximate surface area is 104 Å². The highest BCUT2D eigenvalue weighted by Gasteiger charge is 2.26. The lowest BCUT2D eigenvalue weighted by atomic mass is 10.2. The number of pyridine rings is 1. The van der Waals surface area contributed by atoms with Crippen molar-refractivity contribution < 1.29 is 4.74 Å². The highest BCUT2D eigenvalue weighted by atomic mass is 16.5. The maximum atomic E-state index is 11.6. The van der Waals surface area contributed by atoms with Gasteiger partial charge in [-0.2, -0.15) is 0 Å². The largest absolute Gasteiger partial charge is 0.481 e. The molecular formula is C13H13N3O2. The van der Waals surface area contributed by atoms with E-state index in [9.17, 15) is 4.79 Å². The lowest BCUT2D eigenvalue weighted by Crippen LogP contribution is -2.10. The minimum Gasteiger partial charge on any atom is -0.481 e. The smallest absolute Gasteiger partial charge is 0.251 e. The first-order valence-electron chi connectivity index (χ1n) is 5.88. The van der Waals surface area contributed by atoms with Crippen molar-refractivity contribution in [3.05, 3.63) is 40.6 Å². The summed E-state index contributed by atoms with van der Waals surface area (Å²) in [4.78, 5) is 23.0. The van der Waals surface area contributed by atoms with Crippen LogP contribution in [0.4, 0.5) is 0 Å². The van der Waals surface area contributed by atoms with Gasteiger partial charge in [0.25, 0.3) is 5.56 Å². The van der Waals surface area contributed by atoms with Crippen molar-refractivity contribution in [3.8, 4) is 17.1 Å². The van der Waals surface area contributed by atoms with Crippen LogP contribution in [0.3, 0.4) is 0 Å². The Morgan fingerprint density at radius 2 is 2.22 bits per heavy atom. The second-order valence-electron chi connectivity index (χ2n) is 4.38. The average Bonchev–Trinajstić information content (AvgIpc) is 3.22. The third-order valence-corrected chi connectivity index (χ3v) is 2.97. The molecule has 3 rings (SSSR count). The van der Waals surface area contributed by atoms with E-state index in [2.05, 4.69) is 15.0 Å². The fourth-order valence-electron chi connectivity index (χ4n) is 1.83. The van der Waals surface area contributed by atoms with Gasteiger partial charge >= 0.3 is 0 Å². The molecule has 1 saturated carbocycles. The molecule has 0 aromatic carbocycles. The number of nitrogens with one attached hydrogen (secondary N) is 1. The third-order valence-electron chi connectivity index (χ3n) is 2.97. The Balaban J connectivity index is 2.01. The maximum absolute atomic E-state index is 11.6. The van der Waals surface area contributed by atoms with E-state index in [1.165, 1.54) is 6.07 Å². The van der Waals surface area contributed by atoms with E-state index < -0.39 is 0 Å². The van der Waals surface area contributed by atoms with Gasteiger partial charge in [-0.05, 0) is 18.9 Å². The summed E-state index contributed by atoms with van der Waals surface area (Å²) >= 11 is 0. The van der Waals surface area contributed by atoms with Crippen LogP contribution < -0.4 is 10.3 Å². The van der Waals surface area contributed by atoms with Crippen molar-refractivity contribution in [1.29, 1.82) is 0 Å². The van der Waals surface area contributed by atoms with Crippen LogP contribution in [0.1, 0.15) is 24.6 Å². The van der Waals surface area contributed by atoms with E-state index in [0.717, 1.165) is 24.2 Å². The summed E-state index contributed by atoms with van der Waals surface area (Å²) in [5.74, 6) is 1.75. The molecule has 92 valence electrons. The van der Waals surface area contributed by atoms with Crippen molar-refractivity contribution in [2.24, 2.45) is 0 Å². The highest BCUT2D eigenvalue weighted by molar-refractivity contribution is 5.57. The molecule has 0 bridgehead atoms.